The number of thiophene rings is 1. The van der Waals surface area contributed by atoms with E-state index < -0.39 is 0 Å². The number of rotatable bonds is 5. The number of amides is 1. The molecule has 0 atom stereocenters. The molecule has 3 rings (SSSR count). The van der Waals surface area contributed by atoms with Crippen LogP contribution in [0.2, 0.25) is 0 Å². The number of hydrogen-bond acceptors (Lipinski definition) is 3. The van der Waals surface area contributed by atoms with Gasteiger partial charge in [-0.2, -0.15) is 11.3 Å². The maximum Gasteiger partial charge on any atom is 0.223 e. The molecule has 0 radical (unpaired) electrons. The van der Waals surface area contributed by atoms with Gasteiger partial charge in [0.1, 0.15) is 0 Å². The quantitative estimate of drug-likeness (QED) is 0.898. The molecule has 2 aliphatic rings. The number of hydrogen-bond donors (Lipinski definition) is 1. The molecule has 2 heterocycles. The van der Waals surface area contributed by atoms with Gasteiger partial charge in [-0.15, -0.1) is 0 Å². The summed E-state index contributed by atoms with van der Waals surface area (Å²) in [6.45, 7) is 4.31. The highest BCUT2D eigenvalue weighted by Gasteiger charge is 2.23. The first-order valence-electron chi connectivity index (χ1n) is 8.82. The first-order valence-corrected chi connectivity index (χ1v) is 9.76. The molecule has 1 amide bonds. The molecule has 1 N–H and O–H groups in total. The van der Waals surface area contributed by atoms with E-state index in [1.807, 2.05) is 0 Å². The molecule has 1 saturated carbocycles. The number of likely N-dealkylation sites (tertiary alicyclic amines) is 1. The number of carbonyl (C=O) groups is 1. The van der Waals surface area contributed by atoms with E-state index in [-0.39, 0.29) is 0 Å². The van der Waals surface area contributed by atoms with Crippen LogP contribution in [0.15, 0.2) is 16.8 Å². The lowest BCUT2D eigenvalue weighted by molar-refractivity contribution is -0.126. The number of piperidine rings is 1. The van der Waals surface area contributed by atoms with Gasteiger partial charge in [0.25, 0.3) is 0 Å². The van der Waals surface area contributed by atoms with Crippen LogP contribution in [0.25, 0.3) is 0 Å². The molecule has 0 spiro atoms. The molecule has 3 nitrogen and oxygen atoms in total. The Kier molecular flexibility index (Phi) is 5.90. The minimum absolute atomic E-state index is 0.299. The first kappa shape index (κ1) is 16.0. The lowest BCUT2D eigenvalue weighted by atomic mass is 9.88. The highest BCUT2D eigenvalue weighted by molar-refractivity contribution is 7.07. The summed E-state index contributed by atoms with van der Waals surface area (Å²) in [6.07, 6.45) is 8.42. The largest absolute Gasteiger partial charge is 0.356 e. The van der Waals surface area contributed by atoms with Gasteiger partial charge in [-0.05, 0) is 67.1 Å². The van der Waals surface area contributed by atoms with Gasteiger partial charge in [0, 0.05) is 19.0 Å². The third-order valence-electron chi connectivity index (χ3n) is 5.23. The van der Waals surface area contributed by atoms with Crippen LogP contribution in [0.4, 0.5) is 0 Å². The molecule has 122 valence electrons. The monoisotopic (exact) mass is 320 g/mol. The van der Waals surface area contributed by atoms with Crippen molar-refractivity contribution in [3.63, 3.8) is 0 Å². The molecule has 4 heteroatoms. The van der Waals surface area contributed by atoms with Crippen molar-refractivity contribution in [1.29, 1.82) is 0 Å². The van der Waals surface area contributed by atoms with Gasteiger partial charge in [-0.1, -0.05) is 19.3 Å². The average molecular weight is 321 g/mol. The fourth-order valence-corrected chi connectivity index (χ4v) is 4.40. The smallest absolute Gasteiger partial charge is 0.223 e. The van der Waals surface area contributed by atoms with Crippen LogP contribution in [0.3, 0.4) is 0 Å². The molecule has 0 aromatic carbocycles. The van der Waals surface area contributed by atoms with E-state index in [0.29, 0.717) is 17.7 Å². The second-order valence-electron chi connectivity index (χ2n) is 6.93. The van der Waals surface area contributed by atoms with Crippen molar-refractivity contribution < 1.29 is 4.79 Å². The summed E-state index contributed by atoms with van der Waals surface area (Å²) in [5.74, 6) is 1.29. The summed E-state index contributed by atoms with van der Waals surface area (Å²) < 4.78 is 0. The molecule has 0 bridgehead atoms. The molecule has 1 aromatic rings. The van der Waals surface area contributed by atoms with E-state index in [4.69, 9.17) is 0 Å². The summed E-state index contributed by atoms with van der Waals surface area (Å²) in [7, 11) is 0. The van der Waals surface area contributed by atoms with Gasteiger partial charge in [0.05, 0.1) is 0 Å². The van der Waals surface area contributed by atoms with E-state index in [2.05, 4.69) is 27.0 Å². The lowest BCUT2D eigenvalue weighted by Crippen LogP contribution is -2.40. The van der Waals surface area contributed by atoms with Crippen molar-refractivity contribution >= 4 is 17.2 Å². The van der Waals surface area contributed by atoms with Crippen molar-refractivity contribution in [1.82, 2.24) is 10.2 Å². The van der Waals surface area contributed by atoms with Crippen LogP contribution < -0.4 is 5.32 Å². The Morgan fingerprint density at radius 2 is 1.95 bits per heavy atom. The Balaban J connectivity index is 1.34. The molecule has 22 heavy (non-hydrogen) atoms. The SMILES string of the molecule is O=C(NCC1CCN(Cc2ccsc2)CC1)C1CCCCC1. The standard InChI is InChI=1S/C18H28N2OS/c21-18(17-4-2-1-3-5-17)19-12-15-6-9-20(10-7-15)13-16-8-11-22-14-16/h8,11,14-15,17H,1-7,9-10,12-13H2,(H,19,21). The molecular formula is C18H28N2OS. The predicted molar refractivity (Wildman–Crippen MR) is 91.9 cm³/mol. The minimum atomic E-state index is 0.299. The van der Waals surface area contributed by atoms with Crippen LogP contribution in [0, 0.1) is 11.8 Å². The van der Waals surface area contributed by atoms with Gasteiger partial charge in [-0.25, -0.2) is 0 Å². The Hall–Kier alpha value is -0.870. The van der Waals surface area contributed by atoms with Gasteiger partial charge < -0.3 is 5.32 Å². The summed E-state index contributed by atoms with van der Waals surface area (Å²) in [6, 6.07) is 2.22. The van der Waals surface area contributed by atoms with Crippen LogP contribution in [-0.4, -0.2) is 30.4 Å². The van der Waals surface area contributed by atoms with Crippen molar-refractivity contribution in [2.75, 3.05) is 19.6 Å². The number of nitrogens with one attached hydrogen (secondary N) is 1. The zero-order valence-corrected chi connectivity index (χ0v) is 14.2. The van der Waals surface area contributed by atoms with E-state index >= 15 is 0 Å². The van der Waals surface area contributed by atoms with E-state index in [0.717, 1.165) is 25.9 Å². The normalized spacial score (nSPS) is 21.8. The predicted octanol–water partition coefficient (Wildman–Crippen LogP) is 3.66. The minimum Gasteiger partial charge on any atom is -0.356 e. The Morgan fingerprint density at radius 1 is 1.18 bits per heavy atom. The fraction of sp³-hybridized carbons (Fsp3) is 0.722. The van der Waals surface area contributed by atoms with Crippen LogP contribution in [0.1, 0.15) is 50.5 Å². The molecule has 1 aromatic heterocycles. The lowest BCUT2D eigenvalue weighted by Gasteiger charge is -2.32. The highest BCUT2D eigenvalue weighted by Crippen LogP contribution is 2.24. The number of nitrogens with zero attached hydrogens (tertiary/aromatic N) is 1. The third-order valence-corrected chi connectivity index (χ3v) is 5.97. The molecule has 1 aliphatic heterocycles. The second-order valence-corrected chi connectivity index (χ2v) is 7.71. The molecular weight excluding hydrogens is 292 g/mol. The maximum atomic E-state index is 12.2. The Morgan fingerprint density at radius 3 is 2.64 bits per heavy atom. The van der Waals surface area contributed by atoms with Crippen molar-refractivity contribution in [2.24, 2.45) is 11.8 Å². The molecule has 0 unspecified atom stereocenters. The third kappa shape index (κ3) is 4.56. The van der Waals surface area contributed by atoms with Crippen molar-refractivity contribution in [2.45, 2.75) is 51.5 Å². The average Bonchev–Trinajstić information content (AvgIpc) is 3.08. The topological polar surface area (TPSA) is 32.3 Å². The fourth-order valence-electron chi connectivity index (χ4n) is 3.74. The van der Waals surface area contributed by atoms with Crippen molar-refractivity contribution in [3.8, 4) is 0 Å². The van der Waals surface area contributed by atoms with Gasteiger partial charge in [0.2, 0.25) is 5.91 Å². The molecule has 1 aliphatic carbocycles. The summed E-state index contributed by atoms with van der Waals surface area (Å²) >= 11 is 1.78. The Bertz CT molecular complexity index is 446. The summed E-state index contributed by atoms with van der Waals surface area (Å²) in [4.78, 5) is 14.7. The van der Waals surface area contributed by atoms with Crippen LogP contribution >= 0.6 is 11.3 Å². The maximum absolute atomic E-state index is 12.2. The Labute approximate surface area is 138 Å². The van der Waals surface area contributed by atoms with E-state index in [1.165, 1.54) is 50.8 Å². The van der Waals surface area contributed by atoms with Crippen molar-refractivity contribution in [3.05, 3.63) is 22.4 Å². The van der Waals surface area contributed by atoms with Crippen LogP contribution in [-0.2, 0) is 11.3 Å². The first-order chi connectivity index (χ1) is 10.8. The van der Waals surface area contributed by atoms with E-state index in [1.54, 1.807) is 11.3 Å². The van der Waals surface area contributed by atoms with Gasteiger partial charge in [-0.3, -0.25) is 9.69 Å². The summed E-state index contributed by atoms with van der Waals surface area (Å²) in [5, 5.41) is 7.63. The zero-order valence-electron chi connectivity index (χ0n) is 13.4. The van der Waals surface area contributed by atoms with E-state index in [9.17, 15) is 4.79 Å². The molecule has 2 fully saturated rings. The zero-order chi connectivity index (χ0) is 15.2. The highest BCUT2D eigenvalue weighted by atomic mass is 32.1. The van der Waals surface area contributed by atoms with Gasteiger partial charge in [0.15, 0.2) is 0 Å². The van der Waals surface area contributed by atoms with Crippen LogP contribution in [0.5, 0.6) is 0 Å². The molecule has 1 saturated heterocycles. The van der Waals surface area contributed by atoms with Gasteiger partial charge >= 0.3 is 0 Å². The summed E-state index contributed by atoms with van der Waals surface area (Å²) in [5.41, 5.74) is 1.44. The number of carbonyl (C=O) groups excluding carboxylic acids is 1. The second kappa shape index (κ2) is 8.11.